The van der Waals surface area contributed by atoms with Crippen LogP contribution in [0.25, 0.3) is 22.5 Å². The molecule has 150 valence electrons. The van der Waals surface area contributed by atoms with Crippen LogP contribution in [0.2, 0.25) is 0 Å². The number of nitrogens with zero attached hydrogens (tertiary/aromatic N) is 4. The highest BCUT2D eigenvalue weighted by Crippen LogP contribution is 2.37. The van der Waals surface area contributed by atoms with Crippen LogP contribution in [0.15, 0.2) is 79.0 Å². The molecule has 0 fully saturated rings. The number of rotatable bonds is 5. The lowest BCUT2D eigenvalue weighted by Crippen LogP contribution is -2.13. The molecule has 0 saturated heterocycles. The highest BCUT2D eigenvalue weighted by Gasteiger charge is 2.28. The minimum atomic E-state index is -1.77. The molecule has 0 aliphatic rings. The summed E-state index contributed by atoms with van der Waals surface area (Å²) in [6.07, 6.45) is 1.72. The molecule has 2 heterocycles. The topological polar surface area (TPSA) is 63.6 Å². The fourth-order valence-corrected chi connectivity index (χ4v) is 3.08. The second kappa shape index (κ2) is 8.96. The van der Waals surface area contributed by atoms with E-state index in [0.717, 1.165) is 22.4 Å². The second-order valence-electron chi connectivity index (χ2n) is 6.42. The van der Waals surface area contributed by atoms with Gasteiger partial charge in [-0.1, -0.05) is 95.5 Å². The maximum absolute atomic E-state index is 6.05. The molecule has 0 atom stereocenters. The summed E-state index contributed by atoms with van der Waals surface area (Å²) in [7, 11) is 0. The van der Waals surface area contributed by atoms with Crippen LogP contribution in [0.1, 0.15) is 11.5 Å². The molecule has 0 radical (unpaired) electrons. The molecule has 0 unspecified atom stereocenters. The van der Waals surface area contributed by atoms with Crippen LogP contribution in [0.4, 0.5) is 5.95 Å². The van der Waals surface area contributed by atoms with Gasteiger partial charge in [0.15, 0.2) is 11.6 Å². The van der Waals surface area contributed by atoms with Gasteiger partial charge in [-0.2, -0.15) is 9.97 Å². The Morgan fingerprint density at radius 2 is 1.37 bits per heavy atom. The Kier molecular flexibility index (Phi) is 6.13. The van der Waals surface area contributed by atoms with Gasteiger partial charge in [-0.15, -0.1) is 0 Å². The second-order valence-corrected chi connectivity index (χ2v) is 8.70. The Morgan fingerprint density at radius 3 is 2.03 bits per heavy atom. The summed E-state index contributed by atoms with van der Waals surface area (Å²) in [6.45, 7) is 0.427. The zero-order valence-electron chi connectivity index (χ0n) is 15.6. The standard InChI is InChI=1S/C22H16Cl3N5/c23-22(24,25)20-28-19(29-21(30-20)27-14-18-8-4-5-13-26-18)17-11-9-16(10-12-17)15-6-2-1-3-7-15/h1-13H,14H2,(H,27,28,29,30). The van der Waals surface area contributed by atoms with Crippen LogP contribution in [0, 0.1) is 0 Å². The zero-order chi connectivity index (χ0) is 21.0. The summed E-state index contributed by atoms with van der Waals surface area (Å²) in [4.78, 5) is 17.4. The van der Waals surface area contributed by atoms with Crippen LogP contribution in [-0.4, -0.2) is 19.9 Å². The van der Waals surface area contributed by atoms with Crippen LogP contribution in [0.5, 0.6) is 0 Å². The molecule has 0 amide bonds. The lowest BCUT2D eigenvalue weighted by Gasteiger charge is -2.13. The summed E-state index contributed by atoms with van der Waals surface area (Å²) in [5, 5.41) is 3.12. The SMILES string of the molecule is ClC(Cl)(Cl)c1nc(NCc2ccccn2)nc(-c2ccc(-c3ccccc3)cc2)n1. The third-order valence-corrected chi connectivity index (χ3v) is 4.80. The maximum Gasteiger partial charge on any atom is 0.250 e. The number of halogens is 3. The molecule has 8 heteroatoms. The Hall–Kier alpha value is -2.73. The summed E-state index contributed by atoms with van der Waals surface area (Å²) in [6, 6.07) is 23.6. The number of anilines is 1. The van der Waals surface area contributed by atoms with E-state index in [0.29, 0.717) is 18.3 Å². The maximum atomic E-state index is 6.05. The molecule has 30 heavy (non-hydrogen) atoms. The van der Waals surface area contributed by atoms with Crippen molar-refractivity contribution in [1.29, 1.82) is 0 Å². The van der Waals surface area contributed by atoms with Crippen LogP contribution < -0.4 is 5.32 Å². The molecule has 0 bridgehead atoms. The first-order valence-electron chi connectivity index (χ1n) is 9.12. The molecule has 0 spiro atoms. The Labute approximate surface area is 189 Å². The van der Waals surface area contributed by atoms with Gasteiger partial charge < -0.3 is 5.32 Å². The molecule has 4 rings (SSSR count). The van der Waals surface area contributed by atoms with E-state index in [4.69, 9.17) is 34.8 Å². The fraction of sp³-hybridized carbons (Fsp3) is 0.0909. The van der Waals surface area contributed by atoms with E-state index in [1.165, 1.54) is 0 Å². The quantitative estimate of drug-likeness (QED) is 0.371. The number of alkyl halides is 3. The molecule has 0 aliphatic carbocycles. The Balaban J connectivity index is 1.64. The van der Waals surface area contributed by atoms with Crippen molar-refractivity contribution in [2.45, 2.75) is 10.3 Å². The molecule has 0 saturated carbocycles. The van der Waals surface area contributed by atoms with E-state index < -0.39 is 3.79 Å². The van der Waals surface area contributed by atoms with Crippen molar-refractivity contribution in [3.05, 3.63) is 90.5 Å². The van der Waals surface area contributed by atoms with Gasteiger partial charge in [0.05, 0.1) is 12.2 Å². The minimum absolute atomic E-state index is 0.0492. The number of benzene rings is 2. The van der Waals surface area contributed by atoms with E-state index in [1.54, 1.807) is 6.20 Å². The number of hydrogen-bond donors (Lipinski definition) is 1. The van der Waals surface area contributed by atoms with E-state index in [2.05, 4.69) is 37.4 Å². The molecule has 2 aromatic carbocycles. The van der Waals surface area contributed by atoms with E-state index in [-0.39, 0.29) is 5.82 Å². The van der Waals surface area contributed by atoms with Gasteiger partial charge in [-0.25, -0.2) is 4.98 Å². The van der Waals surface area contributed by atoms with E-state index in [1.807, 2.05) is 60.7 Å². The largest absolute Gasteiger partial charge is 0.348 e. The van der Waals surface area contributed by atoms with Crippen LogP contribution in [-0.2, 0) is 10.3 Å². The first-order chi connectivity index (χ1) is 14.5. The van der Waals surface area contributed by atoms with Crippen LogP contribution >= 0.6 is 34.8 Å². The van der Waals surface area contributed by atoms with Crippen molar-refractivity contribution >= 4 is 40.8 Å². The highest BCUT2D eigenvalue weighted by molar-refractivity contribution is 6.66. The molecule has 1 N–H and O–H groups in total. The first-order valence-corrected chi connectivity index (χ1v) is 10.3. The lowest BCUT2D eigenvalue weighted by molar-refractivity contribution is 0.906. The van der Waals surface area contributed by atoms with Crippen molar-refractivity contribution in [1.82, 2.24) is 19.9 Å². The number of nitrogens with one attached hydrogen (secondary N) is 1. The van der Waals surface area contributed by atoms with E-state index >= 15 is 0 Å². The molecule has 0 aliphatic heterocycles. The monoisotopic (exact) mass is 455 g/mol. The smallest absolute Gasteiger partial charge is 0.250 e. The van der Waals surface area contributed by atoms with Crippen molar-refractivity contribution in [2.75, 3.05) is 5.32 Å². The van der Waals surface area contributed by atoms with Gasteiger partial charge in [-0.3, -0.25) is 4.98 Å². The van der Waals surface area contributed by atoms with Gasteiger partial charge in [0.2, 0.25) is 9.74 Å². The Bertz CT molecular complexity index is 1120. The normalized spacial score (nSPS) is 11.3. The molecular weight excluding hydrogens is 441 g/mol. The Morgan fingerprint density at radius 1 is 0.700 bits per heavy atom. The van der Waals surface area contributed by atoms with Gasteiger partial charge in [-0.05, 0) is 23.3 Å². The molecular formula is C22H16Cl3N5. The number of hydrogen-bond acceptors (Lipinski definition) is 5. The van der Waals surface area contributed by atoms with Crippen molar-refractivity contribution in [2.24, 2.45) is 0 Å². The fourth-order valence-electron chi connectivity index (χ4n) is 2.83. The van der Waals surface area contributed by atoms with E-state index in [9.17, 15) is 0 Å². The van der Waals surface area contributed by atoms with Crippen molar-refractivity contribution in [3.8, 4) is 22.5 Å². The van der Waals surface area contributed by atoms with Gasteiger partial charge in [0, 0.05) is 11.8 Å². The summed E-state index contributed by atoms with van der Waals surface area (Å²) in [5.41, 5.74) is 3.83. The van der Waals surface area contributed by atoms with Gasteiger partial charge in [0.25, 0.3) is 0 Å². The third kappa shape index (κ3) is 5.05. The van der Waals surface area contributed by atoms with Gasteiger partial charge >= 0.3 is 0 Å². The summed E-state index contributed by atoms with van der Waals surface area (Å²) < 4.78 is -1.77. The molecule has 5 nitrogen and oxygen atoms in total. The summed E-state index contributed by atoms with van der Waals surface area (Å²) in [5.74, 6) is 0.765. The summed E-state index contributed by atoms with van der Waals surface area (Å²) >= 11 is 18.2. The number of aromatic nitrogens is 4. The average Bonchev–Trinajstić information content (AvgIpc) is 2.78. The lowest BCUT2D eigenvalue weighted by atomic mass is 10.0. The average molecular weight is 457 g/mol. The highest BCUT2D eigenvalue weighted by atomic mass is 35.6. The van der Waals surface area contributed by atoms with Gasteiger partial charge in [0.1, 0.15) is 0 Å². The molecule has 2 aromatic heterocycles. The minimum Gasteiger partial charge on any atom is -0.348 e. The molecule has 4 aromatic rings. The van der Waals surface area contributed by atoms with Crippen molar-refractivity contribution < 1.29 is 0 Å². The number of pyridine rings is 1. The van der Waals surface area contributed by atoms with Crippen LogP contribution in [0.3, 0.4) is 0 Å². The van der Waals surface area contributed by atoms with Crippen molar-refractivity contribution in [3.63, 3.8) is 0 Å². The predicted octanol–water partition coefficient (Wildman–Crippen LogP) is 6.04. The first kappa shape index (κ1) is 20.5. The zero-order valence-corrected chi connectivity index (χ0v) is 17.9. The third-order valence-electron chi connectivity index (χ3n) is 4.29. The predicted molar refractivity (Wildman–Crippen MR) is 121 cm³/mol.